The molecule has 0 atom stereocenters. The minimum atomic E-state index is -0.812. The zero-order valence-corrected chi connectivity index (χ0v) is 12.7. The molecule has 1 aliphatic carbocycles. The summed E-state index contributed by atoms with van der Waals surface area (Å²) in [5.41, 5.74) is -0.614. The molecule has 0 radical (unpaired) electrons. The predicted octanol–water partition coefficient (Wildman–Crippen LogP) is 3.04. The van der Waals surface area contributed by atoms with Gasteiger partial charge in [0.15, 0.2) is 5.75 Å². The van der Waals surface area contributed by atoms with E-state index in [9.17, 15) is 9.90 Å². The topological polar surface area (TPSA) is 58.6 Å². The number of halogens is 2. The largest absolute Gasteiger partial charge is 0.494 e. The Labute approximate surface area is 128 Å². The van der Waals surface area contributed by atoms with Crippen LogP contribution in [0.5, 0.6) is 5.75 Å². The van der Waals surface area contributed by atoms with E-state index in [1.165, 1.54) is 7.11 Å². The Balaban J connectivity index is 2.15. The standard InChI is InChI=1S/C14H17Cl2NO3/c1-20-12-10(16)5-4-9(15)11(12)13(18)17-8-14(19)6-2-3-7-14/h4-5,19H,2-3,6-8H2,1H3,(H,17,18). The van der Waals surface area contributed by atoms with Crippen LogP contribution in [0.25, 0.3) is 0 Å². The van der Waals surface area contributed by atoms with Gasteiger partial charge >= 0.3 is 0 Å². The Kier molecular flexibility index (Phi) is 4.78. The van der Waals surface area contributed by atoms with Gasteiger partial charge in [0, 0.05) is 6.54 Å². The molecule has 2 rings (SSSR count). The molecule has 1 aromatic rings. The highest BCUT2D eigenvalue weighted by Gasteiger charge is 2.32. The van der Waals surface area contributed by atoms with Crippen molar-refractivity contribution in [2.24, 2.45) is 0 Å². The normalized spacial score (nSPS) is 17.0. The summed E-state index contributed by atoms with van der Waals surface area (Å²) in [5.74, 6) is -0.148. The van der Waals surface area contributed by atoms with Gasteiger partial charge in [0.05, 0.1) is 22.8 Å². The molecule has 1 fully saturated rings. The highest BCUT2D eigenvalue weighted by Crippen LogP contribution is 2.34. The van der Waals surface area contributed by atoms with Crippen molar-refractivity contribution in [3.05, 3.63) is 27.7 Å². The molecule has 0 aliphatic heterocycles. The smallest absolute Gasteiger partial charge is 0.256 e. The second kappa shape index (κ2) is 6.20. The first kappa shape index (κ1) is 15.4. The van der Waals surface area contributed by atoms with Crippen LogP contribution in [0.15, 0.2) is 12.1 Å². The Hall–Kier alpha value is -0.970. The maximum Gasteiger partial charge on any atom is 0.256 e. The summed E-state index contributed by atoms with van der Waals surface area (Å²) in [6, 6.07) is 3.12. The number of benzene rings is 1. The van der Waals surface area contributed by atoms with Crippen molar-refractivity contribution in [2.45, 2.75) is 31.3 Å². The molecule has 6 heteroatoms. The number of nitrogens with one attached hydrogen (secondary N) is 1. The van der Waals surface area contributed by atoms with Gasteiger partial charge in [-0.15, -0.1) is 0 Å². The van der Waals surface area contributed by atoms with E-state index >= 15 is 0 Å². The molecule has 0 unspecified atom stereocenters. The van der Waals surface area contributed by atoms with E-state index in [2.05, 4.69) is 5.32 Å². The molecular weight excluding hydrogens is 301 g/mol. The van der Waals surface area contributed by atoms with Gasteiger partial charge in [0.1, 0.15) is 5.56 Å². The maximum atomic E-state index is 12.3. The molecule has 2 N–H and O–H groups in total. The van der Waals surface area contributed by atoms with Gasteiger partial charge in [-0.05, 0) is 25.0 Å². The molecule has 0 heterocycles. The summed E-state index contributed by atoms with van der Waals surface area (Å²) >= 11 is 12.0. The Morgan fingerprint density at radius 3 is 2.55 bits per heavy atom. The summed E-state index contributed by atoms with van der Waals surface area (Å²) in [4.78, 5) is 12.3. The van der Waals surface area contributed by atoms with Crippen LogP contribution >= 0.6 is 23.2 Å². The van der Waals surface area contributed by atoms with E-state index in [0.717, 1.165) is 12.8 Å². The number of ether oxygens (including phenoxy) is 1. The third kappa shape index (κ3) is 3.19. The van der Waals surface area contributed by atoms with Crippen LogP contribution < -0.4 is 10.1 Å². The minimum absolute atomic E-state index is 0.197. The molecule has 110 valence electrons. The molecule has 20 heavy (non-hydrogen) atoms. The molecule has 4 nitrogen and oxygen atoms in total. The molecule has 0 spiro atoms. The number of carbonyl (C=O) groups excluding carboxylic acids is 1. The first-order valence-electron chi connectivity index (χ1n) is 6.49. The van der Waals surface area contributed by atoms with E-state index in [4.69, 9.17) is 27.9 Å². The summed E-state index contributed by atoms with van der Waals surface area (Å²) in [5, 5.41) is 13.5. The second-order valence-electron chi connectivity index (χ2n) is 5.05. The third-order valence-corrected chi connectivity index (χ3v) is 4.21. The summed E-state index contributed by atoms with van der Waals surface area (Å²) in [6.07, 6.45) is 3.36. The fourth-order valence-electron chi connectivity index (χ4n) is 2.49. The number of methoxy groups -OCH3 is 1. The van der Waals surface area contributed by atoms with Crippen LogP contribution in [-0.4, -0.2) is 30.3 Å². The second-order valence-corrected chi connectivity index (χ2v) is 5.87. The third-order valence-electron chi connectivity index (χ3n) is 3.60. The first-order chi connectivity index (χ1) is 9.47. The summed E-state index contributed by atoms with van der Waals surface area (Å²) < 4.78 is 5.14. The number of aliphatic hydroxyl groups is 1. The van der Waals surface area contributed by atoms with Gasteiger partial charge in [-0.25, -0.2) is 0 Å². The molecular formula is C14H17Cl2NO3. The molecule has 1 amide bonds. The van der Waals surface area contributed by atoms with Gasteiger partial charge in [-0.2, -0.15) is 0 Å². The van der Waals surface area contributed by atoms with E-state index < -0.39 is 11.5 Å². The Morgan fingerprint density at radius 2 is 1.95 bits per heavy atom. The van der Waals surface area contributed by atoms with Gasteiger partial charge in [0.2, 0.25) is 0 Å². The van der Waals surface area contributed by atoms with Crippen molar-refractivity contribution >= 4 is 29.1 Å². The highest BCUT2D eigenvalue weighted by molar-refractivity contribution is 6.37. The van der Waals surface area contributed by atoms with Crippen LogP contribution in [0.1, 0.15) is 36.0 Å². The van der Waals surface area contributed by atoms with Crippen molar-refractivity contribution in [3.8, 4) is 5.75 Å². The quantitative estimate of drug-likeness (QED) is 0.897. The van der Waals surface area contributed by atoms with Crippen molar-refractivity contribution in [1.29, 1.82) is 0 Å². The van der Waals surface area contributed by atoms with Crippen LogP contribution in [-0.2, 0) is 0 Å². The maximum absolute atomic E-state index is 12.3. The van der Waals surface area contributed by atoms with Gasteiger partial charge in [-0.1, -0.05) is 36.0 Å². The fraction of sp³-hybridized carbons (Fsp3) is 0.500. The SMILES string of the molecule is COc1c(Cl)ccc(Cl)c1C(=O)NCC1(O)CCCC1. The lowest BCUT2D eigenvalue weighted by Gasteiger charge is -2.22. The van der Waals surface area contributed by atoms with Crippen molar-refractivity contribution in [1.82, 2.24) is 5.32 Å². The molecule has 1 aliphatic rings. The lowest BCUT2D eigenvalue weighted by atomic mass is 10.0. The predicted molar refractivity (Wildman–Crippen MR) is 78.8 cm³/mol. The van der Waals surface area contributed by atoms with Gasteiger partial charge in [-0.3, -0.25) is 4.79 Å². The fourth-order valence-corrected chi connectivity index (χ4v) is 2.96. The number of carbonyl (C=O) groups is 1. The lowest BCUT2D eigenvalue weighted by molar-refractivity contribution is 0.0449. The number of rotatable bonds is 4. The lowest BCUT2D eigenvalue weighted by Crippen LogP contribution is -2.40. The number of hydrogen-bond acceptors (Lipinski definition) is 3. The Bertz CT molecular complexity index is 513. The summed E-state index contributed by atoms with van der Waals surface area (Å²) in [7, 11) is 1.43. The van der Waals surface area contributed by atoms with Gasteiger partial charge < -0.3 is 15.2 Å². The van der Waals surface area contributed by atoms with Crippen molar-refractivity contribution in [2.75, 3.05) is 13.7 Å². The highest BCUT2D eigenvalue weighted by atomic mass is 35.5. The number of amides is 1. The zero-order valence-electron chi connectivity index (χ0n) is 11.2. The molecule has 0 saturated heterocycles. The number of hydrogen-bond donors (Lipinski definition) is 2. The van der Waals surface area contributed by atoms with Gasteiger partial charge in [0.25, 0.3) is 5.91 Å². The van der Waals surface area contributed by atoms with Crippen LogP contribution in [0.3, 0.4) is 0 Å². The van der Waals surface area contributed by atoms with E-state index in [0.29, 0.717) is 17.9 Å². The molecule has 1 saturated carbocycles. The molecule has 0 bridgehead atoms. The minimum Gasteiger partial charge on any atom is -0.494 e. The molecule has 0 aromatic heterocycles. The van der Waals surface area contributed by atoms with E-state index in [-0.39, 0.29) is 22.9 Å². The van der Waals surface area contributed by atoms with Crippen LogP contribution in [0.2, 0.25) is 10.0 Å². The Morgan fingerprint density at radius 1 is 1.35 bits per heavy atom. The monoisotopic (exact) mass is 317 g/mol. The van der Waals surface area contributed by atoms with Crippen molar-refractivity contribution in [3.63, 3.8) is 0 Å². The summed E-state index contributed by atoms with van der Waals surface area (Å²) in [6.45, 7) is 0.206. The van der Waals surface area contributed by atoms with Crippen LogP contribution in [0.4, 0.5) is 0 Å². The average molecular weight is 318 g/mol. The van der Waals surface area contributed by atoms with Crippen molar-refractivity contribution < 1.29 is 14.6 Å². The van der Waals surface area contributed by atoms with Crippen LogP contribution in [0, 0.1) is 0 Å². The van der Waals surface area contributed by atoms with E-state index in [1.54, 1.807) is 12.1 Å². The average Bonchev–Trinajstić information content (AvgIpc) is 2.86. The molecule has 1 aromatic carbocycles. The first-order valence-corrected chi connectivity index (χ1v) is 7.25. The van der Waals surface area contributed by atoms with E-state index in [1.807, 2.05) is 0 Å². The zero-order chi connectivity index (χ0) is 14.8.